The van der Waals surface area contributed by atoms with Crippen molar-refractivity contribution >= 4 is 28.6 Å². The van der Waals surface area contributed by atoms with Crippen LogP contribution < -0.4 is 5.73 Å². The molecule has 5 nitrogen and oxygen atoms in total. The monoisotopic (exact) mass is 393 g/mol. The molecule has 0 fully saturated rings. The summed E-state index contributed by atoms with van der Waals surface area (Å²) in [5.74, 6) is 0.241. The number of benzene rings is 1. The summed E-state index contributed by atoms with van der Waals surface area (Å²) in [5.41, 5.74) is 8.91. The number of nitrogen functional groups attached to an aromatic ring is 1. The second-order valence-electron chi connectivity index (χ2n) is 6.67. The van der Waals surface area contributed by atoms with Gasteiger partial charge in [-0.1, -0.05) is 24.6 Å². The van der Waals surface area contributed by atoms with Crippen molar-refractivity contribution < 1.29 is 9.59 Å². The van der Waals surface area contributed by atoms with Crippen LogP contribution in [0.3, 0.4) is 0 Å². The van der Waals surface area contributed by atoms with Crippen LogP contribution in [-0.2, 0) is 11.2 Å². The van der Waals surface area contributed by atoms with Crippen LogP contribution in [0.2, 0.25) is 0 Å². The Kier molecular flexibility index (Phi) is 7.03. The summed E-state index contributed by atoms with van der Waals surface area (Å²) in [6, 6.07) is 11.2. The van der Waals surface area contributed by atoms with Gasteiger partial charge in [-0.05, 0) is 36.6 Å². The molecule has 0 saturated carbocycles. The number of thiazole rings is 1. The van der Waals surface area contributed by atoms with Crippen molar-refractivity contribution in [3.63, 3.8) is 0 Å². The first-order valence-electron chi connectivity index (χ1n) is 9.37. The third-order valence-electron chi connectivity index (χ3n) is 4.52. The lowest BCUT2D eigenvalue weighted by molar-refractivity contribution is -0.118. The van der Waals surface area contributed by atoms with Crippen LogP contribution in [-0.4, -0.2) is 21.5 Å². The van der Waals surface area contributed by atoms with Gasteiger partial charge >= 0.3 is 0 Å². The van der Waals surface area contributed by atoms with Gasteiger partial charge < -0.3 is 5.73 Å². The number of aromatic nitrogens is 2. The largest absolute Gasteiger partial charge is 0.398 e. The second-order valence-corrected chi connectivity index (χ2v) is 7.53. The maximum absolute atomic E-state index is 12.3. The van der Waals surface area contributed by atoms with Crippen LogP contribution >= 0.6 is 11.3 Å². The van der Waals surface area contributed by atoms with Crippen molar-refractivity contribution in [2.45, 2.75) is 38.5 Å². The first-order valence-corrected chi connectivity index (χ1v) is 10.3. The van der Waals surface area contributed by atoms with Crippen molar-refractivity contribution in [3.05, 3.63) is 65.4 Å². The van der Waals surface area contributed by atoms with E-state index in [1.54, 1.807) is 12.4 Å². The van der Waals surface area contributed by atoms with Crippen molar-refractivity contribution in [3.8, 4) is 10.6 Å². The number of pyridine rings is 1. The molecule has 2 aromatic heterocycles. The average Bonchev–Trinajstić information content (AvgIpc) is 3.20. The Hall–Kier alpha value is -2.86. The Morgan fingerprint density at radius 3 is 2.50 bits per heavy atom. The first-order chi connectivity index (χ1) is 13.6. The lowest BCUT2D eigenvalue weighted by Gasteiger charge is -2.04. The molecule has 0 radical (unpaired) electrons. The van der Waals surface area contributed by atoms with Gasteiger partial charge in [0, 0.05) is 48.3 Å². The van der Waals surface area contributed by atoms with Gasteiger partial charge in [0.05, 0.1) is 0 Å². The summed E-state index contributed by atoms with van der Waals surface area (Å²) < 4.78 is 0. The fourth-order valence-electron chi connectivity index (χ4n) is 2.94. The number of hydrogen-bond acceptors (Lipinski definition) is 6. The SMILES string of the molecule is Nc1ccccc1CC(=O)CCCCCC(=O)c1csc(-c2ccncc2)n1. The minimum absolute atomic E-state index is 0.0555. The number of para-hydroxylation sites is 1. The van der Waals surface area contributed by atoms with Gasteiger partial charge in [0.1, 0.15) is 16.5 Å². The van der Waals surface area contributed by atoms with E-state index in [1.807, 2.05) is 41.8 Å². The van der Waals surface area contributed by atoms with Crippen LogP contribution in [0.25, 0.3) is 10.6 Å². The summed E-state index contributed by atoms with van der Waals surface area (Å²) in [6.45, 7) is 0. The van der Waals surface area contributed by atoms with Gasteiger partial charge in [-0.25, -0.2) is 4.98 Å². The van der Waals surface area contributed by atoms with E-state index >= 15 is 0 Å². The topological polar surface area (TPSA) is 85.9 Å². The van der Waals surface area contributed by atoms with Crippen LogP contribution in [0, 0.1) is 0 Å². The molecule has 28 heavy (non-hydrogen) atoms. The Bertz CT molecular complexity index is 938. The van der Waals surface area contributed by atoms with Gasteiger partial charge in [-0.15, -0.1) is 11.3 Å². The Balaban J connectivity index is 1.37. The first kappa shape index (κ1) is 19.9. The fraction of sp³-hybridized carbons (Fsp3) is 0.273. The minimum Gasteiger partial charge on any atom is -0.398 e. The van der Waals surface area contributed by atoms with E-state index in [0.29, 0.717) is 30.6 Å². The standard InChI is InChI=1S/C22H23N3O2S/c23-19-8-5-4-6-17(19)14-18(26)7-2-1-3-9-21(27)20-15-28-22(25-20)16-10-12-24-13-11-16/h4-6,8,10-13,15H,1-3,7,9,14,23H2. The Morgan fingerprint density at radius 1 is 0.964 bits per heavy atom. The maximum atomic E-state index is 12.3. The van der Waals surface area contributed by atoms with Crippen LogP contribution in [0.4, 0.5) is 5.69 Å². The van der Waals surface area contributed by atoms with Crippen LogP contribution in [0.15, 0.2) is 54.2 Å². The van der Waals surface area contributed by atoms with Gasteiger partial charge in [0.25, 0.3) is 0 Å². The van der Waals surface area contributed by atoms with Crippen LogP contribution in [0.1, 0.15) is 48.2 Å². The van der Waals surface area contributed by atoms with Crippen molar-refractivity contribution in [2.75, 3.05) is 5.73 Å². The van der Waals surface area contributed by atoms with E-state index in [4.69, 9.17) is 5.73 Å². The number of unbranched alkanes of at least 4 members (excludes halogenated alkanes) is 2. The predicted octanol–water partition coefficient (Wildman–Crippen LogP) is 4.73. The second kappa shape index (κ2) is 9.90. The number of hydrogen-bond donors (Lipinski definition) is 1. The zero-order valence-electron chi connectivity index (χ0n) is 15.6. The van der Waals surface area contributed by atoms with Gasteiger partial charge in [-0.2, -0.15) is 0 Å². The summed E-state index contributed by atoms with van der Waals surface area (Å²) >= 11 is 1.47. The summed E-state index contributed by atoms with van der Waals surface area (Å²) in [4.78, 5) is 32.8. The van der Waals surface area contributed by atoms with E-state index in [-0.39, 0.29) is 11.6 Å². The molecule has 1 aromatic carbocycles. The normalized spacial score (nSPS) is 10.7. The van der Waals surface area contributed by atoms with Crippen molar-refractivity contribution in [2.24, 2.45) is 0 Å². The molecule has 2 N–H and O–H groups in total. The number of rotatable bonds is 10. The molecule has 6 heteroatoms. The number of carbonyl (C=O) groups is 2. The summed E-state index contributed by atoms with van der Waals surface area (Å²) in [5, 5.41) is 2.64. The molecule has 0 atom stereocenters. The minimum atomic E-state index is 0.0555. The molecule has 0 saturated heterocycles. The van der Waals surface area contributed by atoms with E-state index in [2.05, 4.69) is 9.97 Å². The maximum Gasteiger partial charge on any atom is 0.182 e. The lowest BCUT2D eigenvalue weighted by atomic mass is 10.0. The predicted molar refractivity (Wildman–Crippen MR) is 112 cm³/mol. The summed E-state index contributed by atoms with van der Waals surface area (Å²) in [7, 11) is 0. The molecule has 3 rings (SSSR count). The molecule has 0 spiro atoms. The van der Waals surface area contributed by atoms with Gasteiger partial charge in [-0.3, -0.25) is 14.6 Å². The van der Waals surface area contributed by atoms with Crippen molar-refractivity contribution in [1.82, 2.24) is 9.97 Å². The molecule has 0 aliphatic rings. The molecule has 3 aromatic rings. The number of carbonyl (C=O) groups excluding carboxylic acids is 2. The number of Topliss-reactive ketones (excluding diaryl/α,β-unsaturated/α-hetero) is 2. The van der Waals surface area contributed by atoms with Crippen molar-refractivity contribution in [1.29, 1.82) is 0 Å². The number of ketones is 2. The van der Waals surface area contributed by atoms with E-state index in [1.165, 1.54) is 11.3 Å². The molecule has 2 heterocycles. The van der Waals surface area contributed by atoms with E-state index < -0.39 is 0 Å². The highest BCUT2D eigenvalue weighted by Gasteiger charge is 2.12. The average molecular weight is 394 g/mol. The quantitative estimate of drug-likeness (QED) is 0.306. The molecule has 0 aliphatic heterocycles. The van der Waals surface area contributed by atoms with E-state index in [9.17, 15) is 9.59 Å². The Labute approximate surface area is 168 Å². The molecule has 0 bridgehead atoms. The third kappa shape index (κ3) is 5.57. The molecular formula is C22H23N3O2S. The molecular weight excluding hydrogens is 370 g/mol. The van der Waals surface area contributed by atoms with E-state index in [0.717, 1.165) is 35.4 Å². The lowest BCUT2D eigenvalue weighted by Crippen LogP contribution is -2.05. The highest BCUT2D eigenvalue weighted by atomic mass is 32.1. The number of anilines is 1. The molecule has 0 amide bonds. The molecule has 0 aliphatic carbocycles. The number of nitrogens with zero attached hydrogens (tertiary/aromatic N) is 2. The zero-order chi connectivity index (χ0) is 19.8. The zero-order valence-corrected chi connectivity index (χ0v) is 16.5. The Morgan fingerprint density at radius 2 is 1.71 bits per heavy atom. The molecule has 0 unspecified atom stereocenters. The number of nitrogens with two attached hydrogens (primary N) is 1. The third-order valence-corrected chi connectivity index (χ3v) is 5.41. The smallest absolute Gasteiger partial charge is 0.182 e. The van der Waals surface area contributed by atoms with Crippen LogP contribution in [0.5, 0.6) is 0 Å². The summed E-state index contributed by atoms with van der Waals surface area (Å²) in [6.07, 6.45) is 7.19. The highest BCUT2D eigenvalue weighted by molar-refractivity contribution is 7.13. The highest BCUT2D eigenvalue weighted by Crippen LogP contribution is 2.23. The molecule has 144 valence electrons. The fourth-order valence-corrected chi connectivity index (χ4v) is 3.77. The van der Waals surface area contributed by atoms with Gasteiger partial charge in [0.2, 0.25) is 0 Å². The van der Waals surface area contributed by atoms with Gasteiger partial charge in [0.15, 0.2) is 5.78 Å².